The third-order valence-corrected chi connectivity index (χ3v) is 4.45. The van der Waals surface area contributed by atoms with Gasteiger partial charge >= 0.3 is 5.97 Å². The van der Waals surface area contributed by atoms with Crippen LogP contribution in [0.2, 0.25) is 0 Å². The first-order valence-electron chi connectivity index (χ1n) is 8.98. The van der Waals surface area contributed by atoms with Gasteiger partial charge in [-0.3, -0.25) is 0 Å². The molecule has 1 aliphatic heterocycles. The first-order chi connectivity index (χ1) is 12.3. The third kappa shape index (κ3) is 5.61. The SMILES string of the molecule is O=C(OCc1ccccc1)c1ccc(OCC[C@H]2CCCCN2)cc1. The molecule has 1 fully saturated rings. The molecule has 0 amide bonds. The summed E-state index contributed by atoms with van der Waals surface area (Å²) < 4.78 is 11.1. The summed E-state index contributed by atoms with van der Waals surface area (Å²) in [5.74, 6) is 0.470. The monoisotopic (exact) mass is 339 g/mol. The molecule has 1 atom stereocenters. The predicted molar refractivity (Wildman–Crippen MR) is 97.8 cm³/mol. The van der Waals surface area contributed by atoms with Crippen molar-refractivity contribution in [1.29, 1.82) is 0 Å². The van der Waals surface area contributed by atoms with Crippen LogP contribution in [0.3, 0.4) is 0 Å². The molecular formula is C21H25NO3. The molecule has 3 rings (SSSR count). The Bertz CT molecular complexity index is 649. The molecule has 2 aromatic rings. The number of esters is 1. The van der Waals surface area contributed by atoms with E-state index in [-0.39, 0.29) is 12.6 Å². The van der Waals surface area contributed by atoms with Crippen LogP contribution >= 0.6 is 0 Å². The lowest BCUT2D eigenvalue weighted by molar-refractivity contribution is 0.0472. The molecular weight excluding hydrogens is 314 g/mol. The van der Waals surface area contributed by atoms with Crippen LogP contribution in [-0.4, -0.2) is 25.2 Å². The molecule has 0 unspecified atom stereocenters. The molecule has 4 nitrogen and oxygen atoms in total. The summed E-state index contributed by atoms with van der Waals surface area (Å²) >= 11 is 0. The molecule has 1 aliphatic rings. The van der Waals surface area contributed by atoms with E-state index in [2.05, 4.69) is 5.32 Å². The van der Waals surface area contributed by atoms with E-state index in [1.54, 1.807) is 12.1 Å². The minimum Gasteiger partial charge on any atom is -0.494 e. The summed E-state index contributed by atoms with van der Waals surface area (Å²) in [6.07, 6.45) is 4.83. The molecule has 0 aliphatic carbocycles. The summed E-state index contributed by atoms with van der Waals surface area (Å²) in [6, 6.07) is 17.4. The molecule has 0 radical (unpaired) electrons. The number of nitrogens with one attached hydrogen (secondary N) is 1. The van der Waals surface area contributed by atoms with Gasteiger partial charge in [-0.25, -0.2) is 4.79 Å². The van der Waals surface area contributed by atoms with E-state index >= 15 is 0 Å². The highest BCUT2D eigenvalue weighted by Gasteiger charge is 2.12. The third-order valence-electron chi connectivity index (χ3n) is 4.45. The topological polar surface area (TPSA) is 47.6 Å². The van der Waals surface area contributed by atoms with Gasteiger partial charge in [0, 0.05) is 6.04 Å². The van der Waals surface area contributed by atoms with E-state index in [0.717, 1.165) is 24.3 Å². The Morgan fingerprint density at radius 1 is 1.04 bits per heavy atom. The van der Waals surface area contributed by atoms with Gasteiger partial charge in [-0.05, 0) is 55.6 Å². The summed E-state index contributed by atoms with van der Waals surface area (Å²) in [6.45, 7) is 2.09. The van der Waals surface area contributed by atoms with Gasteiger partial charge in [-0.2, -0.15) is 0 Å². The van der Waals surface area contributed by atoms with Crippen molar-refractivity contribution in [2.75, 3.05) is 13.2 Å². The molecule has 0 bridgehead atoms. The summed E-state index contributed by atoms with van der Waals surface area (Å²) in [5, 5.41) is 3.52. The second kappa shape index (κ2) is 9.23. The highest BCUT2D eigenvalue weighted by molar-refractivity contribution is 5.89. The van der Waals surface area contributed by atoms with Gasteiger partial charge in [0.15, 0.2) is 0 Å². The van der Waals surface area contributed by atoms with Crippen LogP contribution in [0.25, 0.3) is 0 Å². The van der Waals surface area contributed by atoms with Crippen LogP contribution in [0.15, 0.2) is 54.6 Å². The minimum atomic E-state index is -0.318. The Kier molecular flexibility index (Phi) is 6.46. The van der Waals surface area contributed by atoms with Crippen molar-refractivity contribution in [3.05, 3.63) is 65.7 Å². The molecule has 4 heteroatoms. The predicted octanol–water partition coefficient (Wildman–Crippen LogP) is 3.95. The van der Waals surface area contributed by atoms with Gasteiger partial charge in [0.05, 0.1) is 12.2 Å². The fraction of sp³-hybridized carbons (Fsp3) is 0.381. The molecule has 1 heterocycles. The normalized spacial score (nSPS) is 17.0. The standard InChI is InChI=1S/C21H25NO3/c23-21(25-16-17-6-2-1-3-7-17)18-9-11-20(12-10-18)24-15-13-19-8-4-5-14-22-19/h1-3,6-7,9-12,19,22H,4-5,8,13-16H2/t19-/m1/s1. The molecule has 0 aromatic heterocycles. The molecule has 0 spiro atoms. The Balaban J connectivity index is 1.42. The fourth-order valence-electron chi connectivity index (χ4n) is 2.98. The van der Waals surface area contributed by atoms with Crippen molar-refractivity contribution in [2.24, 2.45) is 0 Å². The zero-order valence-corrected chi connectivity index (χ0v) is 14.4. The number of carbonyl (C=O) groups excluding carboxylic acids is 1. The van der Waals surface area contributed by atoms with Crippen LogP contribution in [0, 0.1) is 0 Å². The maximum Gasteiger partial charge on any atom is 0.338 e. The van der Waals surface area contributed by atoms with E-state index in [9.17, 15) is 4.79 Å². The van der Waals surface area contributed by atoms with Crippen LogP contribution in [0.5, 0.6) is 5.75 Å². The molecule has 132 valence electrons. The summed E-state index contributed by atoms with van der Waals surface area (Å²) in [7, 11) is 0. The average molecular weight is 339 g/mol. The first-order valence-corrected chi connectivity index (χ1v) is 8.98. The highest BCUT2D eigenvalue weighted by atomic mass is 16.5. The Morgan fingerprint density at radius 2 is 1.84 bits per heavy atom. The van der Waals surface area contributed by atoms with Crippen LogP contribution in [-0.2, 0) is 11.3 Å². The molecule has 0 saturated carbocycles. The number of rotatable bonds is 7. The van der Waals surface area contributed by atoms with E-state index < -0.39 is 0 Å². The summed E-state index contributed by atoms with van der Waals surface area (Å²) in [5.41, 5.74) is 1.52. The highest BCUT2D eigenvalue weighted by Crippen LogP contribution is 2.15. The lowest BCUT2D eigenvalue weighted by atomic mass is 10.0. The van der Waals surface area contributed by atoms with Gasteiger partial charge in [-0.1, -0.05) is 36.8 Å². The quantitative estimate of drug-likeness (QED) is 0.776. The smallest absolute Gasteiger partial charge is 0.338 e. The number of hydrogen-bond acceptors (Lipinski definition) is 4. The van der Waals surface area contributed by atoms with Crippen molar-refractivity contribution in [3.8, 4) is 5.75 Å². The van der Waals surface area contributed by atoms with Crippen molar-refractivity contribution in [3.63, 3.8) is 0 Å². The second-order valence-corrected chi connectivity index (χ2v) is 6.37. The molecule has 1 saturated heterocycles. The van der Waals surface area contributed by atoms with Crippen molar-refractivity contribution >= 4 is 5.97 Å². The molecule has 25 heavy (non-hydrogen) atoms. The minimum absolute atomic E-state index is 0.284. The van der Waals surface area contributed by atoms with E-state index in [0.29, 0.717) is 18.2 Å². The van der Waals surface area contributed by atoms with E-state index in [1.807, 2.05) is 42.5 Å². The maximum absolute atomic E-state index is 12.1. The average Bonchev–Trinajstić information content (AvgIpc) is 2.68. The number of piperidine rings is 1. The van der Waals surface area contributed by atoms with Gasteiger partial charge in [-0.15, -0.1) is 0 Å². The Hall–Kier alpha value is -2.33. The first kappa shape index (κ1) is 17.5. The van der Waals surface area contributed by atoms with Crippen LogP contribution in [0.1, 0.15) is 41.6 Å². The zero-order valence-electron chi connectivity index (χ0n) is 14.4. The van der Waals surface area contributed by atoms with Crippen LogP contribution < -0.4 is 10.1 Å². The number of hydrogen-bond donors (Lipinski definition) is 1. The van der Waals surface area contributed by atoms with Crippen molar-refractivity contribution in [1.82, 2.24) is 5.32 Å². The van der Waals surface area contributed by atoms with Gasteiger partial charge < -0.3 is 14.8 Å². The lowest BCUT2D eigenvalue weighted by Gasteiger charge is -2.23. The number of carbonyl (C=O) groups is 1. The molecule has 2 aromatic carbocycles. The van der Waals surface area contributed by atoms with Gasteiger partial charge in [0.2, 0.25) is 0 Å². The van der Waals surface area contributed by atoms with E-state index in [1.165, 1.54) is 19.3 Å². The molecule has 1 N–H and O–H groups in total. The largest absolute Gasteiger partial charge is 0.494 e. The number of benzene rings is 2. The second-order valence-electron chi connectivity index (χ2n) is 6.37. The lowest BCUT2D eigenvalue weighted by Crippen LogP contribution is -2.35. The van der Waals surface area contributed by atoms with Crippen molar-refractivity contribution < 1.29 is 14.3 Å². The van der Waals surface area contributed by atoms with Crippen LogP contribution in [0.4, 0.5) is 0 Å². The van der Waals surface area contributed by atoms with E-state index in [4.69, 9.17) is 9.47 Å². The van der Waals surface area contributed by atoms with Gasteiger partial charge in [0.1, 0.15) is 12.4 Å². The number of ether oxygens (including phenoxy) is 2. The zero-order chi connectivity index (χ0) is 17.3. The maximum atomic E-state index is 12.1. The summed E-state index contributed by atoms with van der Waals surface area (Å²) in [4.78, 5) is 12.1. The van der Waals surface area contributed by atoms with Crippen molar-refractivity contribution in [2.45, 2.75) is 38.3 Å². The Labute approximate surface area is 149 Å². The Morgan fingerprint density at radius 3 is 2.56 bits per heavy atom. The van der Waals surface area contributed by atoms with Gasteiger partial charge in [0.25, 0.3) is 0 Å². The fourth-order valence-corrected chi connectivity index (χ4v) is 2.98.